The molecule has 92 valence electrons. The van der Waals surface area contributed by atoms with Crippen LogP contribution in [0.4, 0.5) is 4.39 Å². The number of hydrogen-bond acceptors (Lipinski definition) is 2. The predicted octanol–water partition coefficient (Wildman–Crippen LogP) is 1.35. The highest BCUT2D eigenvalue weighted by Crippen LogP contribution is 2.12. The topological polar surface area (TPSA) is 40.5 Å². The summed E-state index contributed by atoms with van der Waals surface area (Å²) in [6.07, 6.45) is 1.21. The van der Waals surface area contributed by atoms with E-state index >= 15 is 0 Å². The SMILES string of the molecule is O=C(Cc1cccc(F)c1)N1CCC(O)CC1. The maximum absolute atomic E-state index is 13.0. The molecule has 0 unspecified atom stereocenters. The minimum atomic E-state index is -0.315. The van der Waals surface area contributed by atoms with Gasteiger partial charge in [0, 0.05) is 13.1 Å². The second-order valence-electron chi connectivity index (χ2n) is 4.42. The molecule has 4 heteroatoms. The molecule has 1 saturated heterocycles. The van der Waals surface area contributed by atoms with E-state index in [1.807, 2.05) is 0 Å². The maximum atomic E-state index is 13.0. The van der Waals surface area contributed by atoms with Crippen molar-refractivity contribution in [3.8, 4) is 0 Å². The lowest BCUT2D eigenvalue weighted by Crippen LogP contribution is -2.40. The van der Waals surface area contributed by atoms with Crippen molar-refractivity contribution >= 4 is 5.91 Å². The van der Waals surface area contributed by atoms with Gasteiger partial charge < -0.3 is 10.0 Å². The summed E-state index contributed by atoms with van der Waals surface area (Å²) in [7, 11) is 0. The molecule has 1 N–H and O–H groups in total. The number of halogens is 1. The van der Waals surface area contributed by atoms with Crippen molar-refractivity contribution in [2.24, 2.45) is 0 Å². The van der Waals surface area contributed by atoms with Crippen molar-refractivity contribution in [1.29, 1.82) is 0 Å². The average Bonchev–Trinajstić information content (AvgIpc) is 2.29. The van der Waals surface area contributed by atoms with Crippen LogP contribution in [0.25, 0.3) is 0 Å². The summed E-state index contributed by atoms with van der Waals surface area (Å²) in [4.78, 5) is 13.6. The van der Waals surface area contributed by atoms with Crippen LogP contribution < -0.4 is 0 Å². The zero-order valence-electron chi connectivity index (χ0n) is 9.60. The fraction of sp³-hybridized carbons (Fsp3) is 0.462. The molecule has 0 radical (unpaired) electrons. The van der Waals surface area contributed by atoms with E-state index in [1.165, 1.54) is 12.1 Å². The van der Waals surface area contributed by atoms with Crippen LogP contribution in [-0.4, -0.2) is 35.1 Å². The van der Waals surface area contributed by atoms with Crippen LogP contribution >= 0.6 is 0 Å². The molecule has 1 amide bonds. The van der Waals surface area contributed by atoms with E-state index in [1.54, 1.807) is 17.0 Å². The van der Waals surface area contributed by atoms with Crippen LogP contribution in [0.2, 0.25) is 0 Å². The first kappa shape index (κ1) is 12.0. The van der Waals surface area contributed by atoms with Gasteiger partial charge in [-0.05, 0) is 30.5 Å². The highest BCUT2D eigenvalue weighted by Gasteiger charge is 2.21. The number of aliphatic hydroxyl groups excluding tert-OH is 1. The minimum absolute atomic E-state index is 0.00231. The molecule has 17 heavy (non-hydrogen) atoms. The number of nitrogens with zero attached hydrogens (tertiary/aromatic N) is 1. The molecular formula is C13H16FNO2. The lowest BCUT2D eigenvalue weighted by atomic mass is 10.1. The Balaban J connectivity index is 1.93. The van der Waals surface area contributed by atoms with Crippen molar-refractivity contribution < 1.29 is 14.3 Å². The summed E-state index contributed by atoms with van der Waals surface area (Å²) >= 11 is 0. The molecule has 0 saturated carbocycles. The van der Waals surface area contributed by atoms with Gasteiger partial charge in [-0.25, -0.2) is 4.39 Å². The summed E-state index contributed by atoms with van der Waals surface area (Å²) in [5.41, 5.74) is 0.695. The van der Waals surface area contributed by atoms with E-state index in [0.717, 1.165) is 0 Å². The van der Waals surface area contributed by atoms with Gasteiger partial charge in [0.2, 0.25) is 5.91 Å². The molecule has 0 spiro atoms. The van der Waals surface area contributed by atoms with Gasteiger partial charge in [-0.3, -0.25) is 4.79 Å². The summed E-state index contributed by atoms with van der Waals surface area (Å²) in [6, 6.07) is 6.11. The summed E-state index contributed by atoms with van der Waals surface area (Å²) in [5, 5.41) is 9.35. The molecule has 3 nitrogen and oxygen atoms in total. The third kappa shape index (κ3) is 3.27. The zero-order chi connectivity index (χ0) is 12.3. The molecule has 1 heterocycles. The molecule has 1 fully saturated rings. The molecule has 0 aliphatic carbocycles. The lowest BCUT2D eigenvalue weighted by Gasteiger charge is -2.29. The Kier molecular flexibility index (Phi) is 3.74. The number of benzene rings is 1. The number of carbonyl (C=O) groups is 1. The van der Waals surface area contributed by atoms with Gasteiger partial charge in [0.15, 0.2) is 0 Å². The Bertz CT molecular complexity index is 400. The highest BCUT2D eigenvalue weighted by atomic mass is 19.1. The van der Waals surface area contributed by atoms with Crippen LogP contribution in [0.15, 0.2) is 24.3 Å². The second-order valence-corrected chi connectivity index (χ2v) is 4.42. The van der Waals surface area contributed by atoms with Crippen molar-refractivity contribution in [2.75, 3.05) is 13.1 Å². The van der Waals surface area contributed by atoms with Gasteiger partial charge in [0.1, 0.15) is 5.82 Å². The fourth-order valence-corrected chi connectivity index (χ4v) is 2.05. The number of rotatable bonds is 2. The summed E-state index contributed by atoms with van der Waals surface area (Å²) < 4.78 is 13.0. The molecule has 1 aromatic carbocycles. The lowest BCUT2D eigenvalue weighted by molar-refractivity contribution is -0.132. The van der Waals surface area contributed by atoms with Crippen molar-refractivity contribution in [1.82, 2.24) is 4.90 Å². The molecule has 1 aliphatic rings. The van der Waals surface area contributed by atoms with Gasteiger partial charge in [0.25, 0.3) is 0 Å². The van der Waals surface area contributed by atoms with Gasteiger partial charge in [-0.15, -0.1) is 0 Å². The van der Waals surface area contributed by atoms with E-state index < -0.39 is 0 Å². The molecule has 0 atom stereocenters. The van der Waals surface area contributed by atoms with E-state index in [9.17, 15) is 14.3 Å². The first-order chi connectivity index (χ1) is 8.15. The van der Waals surface area contributed by atoms with E-state index in [0.29, 0.717) is 31.5 Å². The first-order valence-electron chi connectivity index (χ1n) is 5.85. The van der Waals surface area contributed by atoms with E-state index in [-0.39, 0.29) is 24.2 Å². The number of aliphatic hydroxyl groups is 1. The number of likely N-dealkylation sites (tertiary alicyclic amines) is 1. The Morgan fingerprint density at radius 1 is 1.41 bits per heavy atom. The largest absolute Gasteiger partial charge is 0.393 e. The Hall–Kier alpha value is -1.42. The maximum Gasteiger partial charge on any atom is 0.226 e. The van der Waals surface area contributed by atoms with Crippen LogP contribution in [-0.2, 0) is 11.2 Å². The van der Waals surface area contributed by atoms with Crippen LogP contribution in [0.5, 0.6) is 0 Å². The normalized spacial score (nSPS) is 17.2. The smallest absolute Gasteiger partial charge is 0.226 e. The summed E-state index contributed by atoms with van der Waals surface area (Å²) in [6.45, 7) is 1.19. The zero-order valence-corrected chi connectivity index (χ0v) is 9.60. The number of carbonyl (C=O) groups excluding carboxylic acids is 1. The molecule has 2 rings (SSSR count). The molecule has 1 aliphatic heterocycles. The number of amides is 1. The quantitative estimate of drug-likeness (QED) is 0.843. The minimum Gasteiger partial charge on any atom is -0.393 e. The van der Waals surface area contributed by atoms with Gasteiger partial charge in [-0.2, -0.15) is 0 Å². The van der Waals surface area contributed by atoms with Crippen molar-refractivity contribution in [3.05, 3.63) is 35.6 Å². The molecular weight excluding hydrogens is 221 g/mol. The first-order valence-corrected chi connectivity index (χ1v) is 5.85. The van der Waals surface area contributed by atoms with Crippen molar-refractivity contribution in [2.45, 2.75) is 25.4 Å². The summed E-state index contributed by atoms with van der Waals surface area (Å²) in [5.74, 6) is -0.313. The Morgan fingerprint density at radius 3 is 2.76 bits per heavy atom. The fourth-order valence-electron chi connectivity index (χ4n) is 2.05. The monoisotopic (exact) mass is 237 g/mol. The average molecular weight is 237 g/mol. The third-order valence-corrected chi connectivity index (χ3v) is 3.06. The molecule has 0 bridgehead atoms. The van der Waals surface area contributed by atoms with Crippen LogP contribution in [0.3, 0.4) is 0 Å². The van der Waals surface area contributed by atoms with E-state index in [2.05, 4.69) is 0 Å². The predicted molar refractivity (Wildman–Crippen MR) is 61.9 cm³/mol. The van der Waals surface area contributed by atoms with Crippen molar-refractivity contribution in [3.63, 3.8) is 0 Å². The Labute approximate surface area is 99.9 Å². The highest BCUT2D eigenvalue weighted by molar-refractivity contribution is 5.78. The number of hydrogen-bond donors (Lipinski definition) is 1. The Morgan fingerprint density at radius 2 is 2.12 bits per heavy atom. The standard InChI is InChI=1S/C13H16FNO2/c14-11-3-1-2-10(8-11)9-13(17)15-6-4-12(16)5-7-15/h1-3,8,12,16H,4-7,9H2. The third-order valence-electron chi connectivity index (χ3n) is 3.06. The molecule has 1 aromatic rings. The van der Waals surface area contributed by atoms with Gasteiger partial charge in [0.05, 0.1) is 12.5 Å². The van der Waals surface area contributed by atoms with Gasteiger partial charge >= 0.3 is 0 Å². The molecule has 0 aromatic heterocycles. The number of piperidine rings is 1. The van der Waals surface area contributed by atoms with E-state index in [4.69, 9.17) is 0 Å². The van der Waals surface area contributed by atoms with Crippen LogP contribution in [0, 0.1) is 5.82 Å². The van der Waals surface area contributed by atoms with Crippen LogP contribution in [0.1, 0.15) is 18.4 Å². The second kappa shape index (κ2) is 5.27. The van der Waals surface area contributed by atoms with Gasteiger partial charge in [-0.1, -0.05) is 12.1 Å².